The van der Waals surface area contributed by atoms with Gasteiger partial charge in [-0.1, -0.05) is 149 Å². The average molecular weight is 641 g/mol. The van der Waals surface area contributed by atoms with Gasteiger partial charge in [-0.15, -0.1) is 0 Å². The monoisotopic (exact) mass is 640 g/mol. The van der Waals surface area contributed by atoms with Crippen LogP contribution in [0.2, 0.25) is 0 Å². The summed E-state index contributed by atoms with van der Waals surface area (Å²) in [7, 11) is 0. The SMILES string of the molecule is C=C/C(=C\c1ccc(-c2ccc3cc(-c4ccc5c(c4)C(C)(C)c4ccccc4-5)ccc3c2)cc1C)c1ccc2c(c1)C(C)c1ccccc1-2. The zero-order valence-corrected chi connectivity index (χ0v) is 29.2. The van der Waals surface area contributed by atoms with Gasteiger partial charge in [0.25, 0.3) is 0 Å². The van der Waals surface area contributed by atoms with Gasteiger partial charge in [-0.25, -0.2) is 0 Å². The van der Waals surface area contributed by atoms with Gasteiger partial charge in [0.15, 0.2) is 0 Å². The van der Waals surface area contributed by atoms with E-state index < -0.39 is 0 Å². The molecule has 50 heavy (non-hydrogen) atoms. The van der Waals surface area contributed by atoms with Gasteiger partial charge >= 0.3 is 0 Å². The molecule has 2 aliphatic rings. The first-order valence-corrected chi connectivity index (χ1v) is 17.8. The van der Waals surface area contributed by atoms with Crippen LogP contribution in [0.1, 0.15) is 65.6 Å². The molecule has 0 heteroatoms. The van der Waals surface area contributed by atoms with Crippen LogP contribution in [-0.4, -0.2) is 0 Å². The quantitative estimate of drug-likeness (QED) is 0.130. The Hall–Kier alpha value is -5.72. The maximum atomic E-state index is 4.20. The van der Waals surface area contributed by atoms with Crippen molar-refractivity contribution in [3.63, 3.8) is 0 Å². The lowest BCUT2D eigenvalue weighted by Crippen LogP contribution is -2.14. The summed E-state index contributed by atoms with van der Waals surface area (Å²) < 4.78 is 0. The zero-order chi connectivity index (χ0) is 34.1. The number of rotatable bonds is 5. The Bertz CT molecular complexity index is 2550. The molecule has 0 nitrogen and oxygen atoms in total. The van der Waals surface area contributed by atoms with Crippen molar-refractivity contribution >= 4 is 22.4 Å². The van der Waals surface area contributed by atoms with Crippen LogP contribution in [0.5, 0.6) is 0 Å². The summed E-state index contributed by atoms with van der Waals surface area (Å²) in [5, 5.41) is 2.51. The fraction of sp³-hybridized carbons (Fsp3) is 0.120. The first-order valence-electron chi connectivity index (χ1n) is 17.8. The Morgan fingerprint density at radius 3 is 1.88 bits per heavy atom. The number of hydrogen-bond acceptors (Lipinski definition) is 0. The molecular weight excluding hydrogens is 601 g/mol. The fourth-order valence-electron chi connectivity index (χ4n) is 8.57. The van der Waals surface area contributed by atoms with Crippen molar-refractivity contribution in [2.45, 2.75) is 39.0 Å². The summed E-state index contributed by atoms with van der Waals surface area (Å²) in [5.41, 5.74) is 20.9. The topological polar surface area (TPSA) is 0 Å². The molecule has 0 aromatic heterocycles. The van der Waals surface area contributed by atoms with E-state index in [4.69, 9.17) is 0 Å². The molecule has 2 aliphatic carbocycles. The third-order valence-corrected chi connectivity index (χ3v) is 11.5. The van der Waals surface area contributed by atoms with Gasteiger partial charge in [-0.05, 0) is 137 Å². The first-order chi connectivity index (χ1) is 24.3. The van der Waals surface area contributed by atoms with E-state index in [1.807, 2.05) is 6.08 Å². The van der Waals surface area contributed by atoms with Gasteiger partial charge in [0.1, 0.15) is 0 Å². The molecule has 0 fully saturated rings. The molecule has 7 aromatic carbocycles. The number of fused-ring (bicyclic) bond motifs is 7. The van der Waals surface area contributed by atoms with E-state index in [1.165, 1.54) is 94.2 Å². The molecule has 0 amide bonds. The maximum Gasteiger partial charge on any atom is 0.0159 e. The zero-order valence-electron chi connectivity index (χ0n) is 29.2. The van der Waals surface area contributed by atoms with E-state index in [-0.39, 0.29) is 5.41 Å². The highest BCUT2D eigenvalue weighted by atomic mass is 14.4. The van der Waals surface area contributed by atoms with Crippen molar-refractivity contribution in [1.29, 1.82) is 0 Å². The van der Waals surface area contributed by atoms with Crippen LogP contribution in [0.15, 0.2) is 152 Å². The van der Waals surface area contributed by atoms with Crippen LogP contribution in [0.4, 0.5) is 0 Å². The second-order valence-corrected chi connectivity index (χ2v) is 14.7. The number of aryl methyl sites for hydroxylation is 1. The molecule has 1 unspecified atom stereocenters. The molecule has 9 rings (SSSR count). The van der Waals surface area contributed by atoms with Crippen LogP contribution in [0, 0.1) is 6.92 Å². The highest BCUT2D eigenvalue weighted by Crippen LogP contribution is 2.50. The lowest BCUT2D eigenvalue weighted by Gasteiger charge is -2.22. The summed E-state index contributed by atoms with van der Waals surface area (Å²) in [4.78, 5) is 0. The van der Waals surface area contributed by atoms with Crippen LogP contribution >= 0.6 is 0 Å². The van der Waals surface area contributed by atoms with Gasteiger partial charge in [-0.2, -0.15) is 0 Å². The Morgan fingerprint density at radius 2 is 1.14 bits per heavy atom. The molecule has 0 N–H and O–H groups in total. The van der Waals surface area contributed by atoms with Crippen molar-refractivity contribution in [3.8, 4) is 44.5 Å². The van der Waals surface area contributed by atoms with Crippen molar-refractivity contribution in [1.82, 2.24) is 0 Å². The average Bonchev–Trinajstić information content (AvgIpc) is 3.56. The lowest BCUT2D eigenvalue weighted by atomic mass is 9.81. The minimum atomic E-state index is -0.00207. The first kappa shape index (κ1) is 30.3. The predicted octanol–water partition coefficient (Wildman–Crippen LogP) is 13.6. The normalized spacial score (nSPS) is 15.4. The van der Waals surface area contributed by atoms with Crippen molar-refractivity contribution < 1.29 is 0 Å². The smallest absolute Gasteiger partial charge is 0.0159 e. The van der Waals surface area contributed by atoms with Gasteiger partial charge in [-0.3, -0.25) is 0 Å². The number of hydrogen-bond donors (Lipinski definition) is 0. The second kappa shape index (κ2) is 11.4. The van der Waals surface area contributed by atoms with Gasteiger partial charge in [0.2, 0.25) is 0 Å². The van der Waals surface area contributed by atoms with Gasteiger partial charge in [0, 0.05) is 11.3 Å². The molecule has 7 aromatic rings. The molecule has 0 bridgehead atoms. The largest absolute Gasteiger partial charge is 0.0984 e. The Kier molecular flexibility index (Phi) is 6.94. The third kappa shape index (κ3) is 4.74. The van der Waals surface area contributed by atoms with E-state index >= 15 is 0 Å². The van der Waals surface area contributed by atoms with E-state index in [0.29, 0.717) is 5.92 Å². The van der Waals surface area contributed by atoms with Gasteiger partial charge < -0.3 is 0 Å². The van der Waals surface area contributed by atoms with Gasteiger partial charge in [0.05, 0.1) is 0 Å². The molecule has 240 valence electrons. The van der Waals surface area contributed by atoms with Crippen LogP contribution in [-0.2, 0) is 5.41 Å². The summed E-state index contributed by atoms with van der Waals surface area (Å²) in [5.74, 6) is 0.395. The second-order valence-electron chi connectivity index (χ2n) is 14.7. The van der Waals surface area contributed by atoms with Crippen molar-refractivity contribution in [2.75, 3.05) is 0 Å². The third-order valence-electron chi connectivity index (χ3n) is 11.5. The molecule has 0 aliphatic heterocycles. The summed E-state index contributed by atoms with van der Waals surface area (Å²) >= 11 is 0. The molecule has 0 heterocycles. The van der Waals surface area contributed by atoms with Crippen molar-refractivity contribution in [2.24, 2.45) is 0 Å². The van der Waals surface area contributed by atoms with Crippen LogP contribution in [0.25, 0.3) is 66.9 Å². The Morgan fingerprint density at radius 1 is 0.560 bits per heavy atom. The molecule has 0 saturated carbocycles. The van der Waals surface area contributed by atoms with E-state index in [9.17, 15) is 0 Å². The lowest BCUT2D eigenvalue weighted by molar-refractivity contribution is 0.660. The minimum absolute atomic E-state index is 0.00207. The van der Waals surface area contributed by atoms with E-state index in [0.717, 1.165) is 5.57 Å². The molecule has 0 radical (unpaired) electrons. The van der Waals surface area contributed by atoms with E-state index in [2.05, 4.69) is 180 Å². The molecular formula is C50H40. The highest BCUT2D eigenvalue weighted by Gasteiger charge is 2.35. The summed E-state index contributed by atoms with van der Waals surface area (Å²) in [6.45, 7) is 13.4. The Balaban J connectivity index is 0.990. The Labute approximate surface area is 296 Å². The molecule has 0 saturated heterocycles. The fourth-order valence-corrected chi connectivity index (χ4v) is 8.57. The molecule has 0 spiro atoms. The van der Waals surface area contributed by atoms with Crippen molar-refractivity contribution in [3.05, 3.63) is 191 Å². The summed E-state index contributed by atoms with van der Waals surface area (Å²) in [6, 6.07) is 52.1. The highest BCUT2D eigenvalue weighted by molar-refractivity contribution is 5.93. The number of benzene rings is 7. The number of allylic oxidation sites excluding steroid dienone is 2. The van der Waals surface area contributed by atoms with Crippen LogP contribution < -0.4 is 0 Å². The van der Waals surface area contributed by atoms with Crippen LogP contribution in [0.3, 0.4) is 0 Å². The predicted molar refractivity (Wildman–Crippen MR) is 215 cm³/mol. The van der Waals surface area contributed by atoms with E-state index in [1.54, 1.807) is 0 Å². The summed E-state index contributed by atoms with van der Waals surface area (Å²) in [6.07, 6.45) is 4.27. The standard InChI is InChI=1S/C50H40/c1-6-33(40-21-23-44-43-12-8-7-11-42(43)32(3)47(44)29-40)26-34-15-16-35(25-31(34)2)36-17-18-38-28-39(20-19-37(38)27-36)41-22-24-46-45-13-9-10-14-48(45)50(4,5)49(46)30-41/h6-30,32H,1H2,2-5H3/b33-26+. The molecule has 1 atom stereocenters. The minimum Gasteiger partial charge on any atom is -0.0984 e. The maximum absolute atomic E-state index is 4.20.